The minimum atomic E-state index is 0.196. The summed E-state index contributed by atoms with van der Waals surface area (Å²) in [7, 11) is 0. The number of para-hydroxylation sites is 3. The fraction of sp³-hybridized carbons (Fsp3) is 0.375. The molecule has 2 heteroatoms. The zero-order valence-electron chi connectivity index (χ0n) is 30.3. The predicted molar refractivity (Wildman–Crippen MR) is 210 cm³/mol. The first-order valence-electron chi connectivity index (χ1n) is 19.4. The van der Waals surface area contributed by atoms with E-state index < -0.39 is 0 Å². The Labute approximate surface area is 300 Å². The van der Waals surface area contributed by atoms with E-state index in [0.717, 1.165) is 6.42 Å². The number of allylic oxidation sites excluding steroid dienone is 3. The molecule has 0 heterocycles. The molecule has 0 aliphatic heterocycles. The zero-order valence-corrected chi connectivity index (χ0v) is 30.3. The molecule has 4 aromatic rings. The van der Waals surface area contributed by atoms with Gasteiger partial charge in [-0.2, -0.15) is 0 Å². The SMILES string of the molecule is CC(C)C1CC(N(c2ccccc2)C2C=CC=CC2)C2C=C3C4c5c(ccc1c52)C(N(c1ccccc1)c1ccccc1)CC4CCC3(C)C. The van der Waals surface area contributed by atoms with Gasteiger partial charge in [0.15, 0.2) is 0 Å². The normalized spacial score (nSPS) is 28.5. The third kappa shape index (κ3) is 5.12. The molecule has 1 saturated carbocycles. The van der Waals surface area contributed by atoms with Gasteiger partial charge in [0.05, 0.1) is 12.1 Å². The summed E-state index contributed by atoms with van der Waals surface area (Å²) in [6.07, 6.45) is 18.2. The van der Waals surface area contributed by atoms with Crippen LogP contribution in [0.2, 0.25) is 0 Å². The molecule has 5 aliphatic rings. The highest BCUT2D eigenvalue weighted by Gasteiger charge is 2.53. The van der Waals surface area contributed by atoms with Crippen molar-refractivity contribution in [2.24, 2.45) is 17.3 Å². The van der Waals surface area contributed by atoms with Gasteiger partial charge in [-0.1, -0.05) is 130 Å². The quantitative estimate of drug-likeness (QED) is 0.183. The molecule has 2 nitrogen and oxygen atoms in total. The van der Waals surface area contributed by atoms with Crippen LogP contribution in [0, 0.1) is 17.3 Å². The summed E-state index contributed by atoms with van der Waals surface area (Å²) in [5.41, 5.74) is 12.5. The molecule has 9 rings (SSSR count). The molecular weight excluding hydrogens is 605 g/mol. The van der Waals surface area contributed by atoms with Crippen molar-refractivity contribution in [3.8, 4) is 0 Å². The van der Waals surface area contributed by atoms with Crippen LogP contribution >= 0.6 is 0 Å². The first-order chi connectivity index (χ1) is 24.4. The van der Waals surface area contributed by atoms with Gasteiger partial charge in [-0.25, -0.2) is 0 Å². The summed E-state index contributed by atoms with van der Waals surface area (Å²) in [5, 5.41) is 0. The summed E-state index contributed by atoms with van der Waals surface area (Å²) in [6.45, 7) is 10.0. The molecule has 50 heavy (non-hydrogen) atoms. The average molecular weight is 657 g/mol. The lowest BCUT2D eigenvalue weighted by Crippen LogP contribution is -2.51. The highest BCUT2D eigenvalue weighted by Crippen LogP contribution is 2.65. The summed E-state index contributed by atoms with van der Waals surface area (Å²) in [4.78, 5) is 5.52. The Balaban J connectivity index is 1.29. The molecule has 7 atom stereocenters. The maximum atomic E-state index is 2.85. The van der Waals surface area contributed by atoms with Crippen LogP contribution in [0.15, 0.2) is 139 Å². The molecule has 1 fully saturated rings. The molecule has 0 saturated heterocycles. The van der Waals surface area contributed by atoms with E-state index in [1.165, 1.54) is 42.7 Å². The van der Waals surface area contributed by atoms with Gasteiger partial charge < -0.3 is 9.80 Å². The van der Waals surface area contributed by atoms with Crippen molar-refractivity contribution in [1.82, 2.24) is 0 Å². The van der Waals surface area contributed by atoms with E-state index >= 15 is 0 Å². The number of rotatable bonds is 7. The largest absolute Gasteiger partial charge is 0.361 e. The van der Waals surface area contributed by atoms with Gasteiger partial charge in [-0.05, 0) is 114 Å². The number of nitrogens with zero attached hydrogens (tertiary/aromatic N) is 2. The molecule has 0 amide bonds. The van der Waals surface area contributed by atoms with Crippen molar-refractivity contribution >= 4 is 17.1 Å². The minimum Gasteiger partial charge on any atom is -0.361 e. The minimum absolute atomic E-state index is 0.196. The van der Waals surface area contributed by atoms with E-state index in [4.69, 9.17) is 0 Å². The summed E-state index contributed by atoms with van der Waals surface area (Å²) < 4.78 is 0. The second-order valence-electron chi connectivity index (χ2n) is 16.7. The topological polar surface area (TPSA) is 6.48 Å². The predicted octanol–water partition coefficient (Wildman–Crippen LogP) is 12.4. The second kappa shape index (κ2) is 12.5. The van der Waals surface area contributed by atoms with Crippen LogP contribution in [0.25, 0.3) is 0 Å². The first kappa shape index (κ1) is 31.7. The fourth-order valence-corrected chi connectivity index (χ4v) is 10.9. The standard InChI is InChI=1S/C48H52N2/c1-32(2)40-31-44(50(36-21-13-7-14-22-36)37-23-15-8-16-24-37)41-30-42-45-33(27-28-48(42,3)4)29-43(39-26-25-38(40)46(41)47(39)45)49(34-17-9-5-10-18-34)35-19-11-6-12-20-35/h5-23,25-26,30,32-33,37,40-41,43-45H,24,27-29,31H2,1-4H3. The number of hydrogen-bond donors (Lipinski definition) is 0. The Hall–Kier alpha value is -4.30. The van der Waals surface area contributed by atoms with E-state index in [1.807, 2.05) is 0 Å². The third-order valence-corrected chi connectivity index (χ3v) is 13.2. The van der Waals surface area contributed by atoms with Crippen molar-refractivity contribution < 1.29 is 0 Å². The first-order valence-corrected chi connectivity index (χ1v) is 19.4. The summed E-state index contributed by atoms with van der Waals surface area (Å²) in [5.74, 6) is 2.61. The van der Waals surface area contributed by atoms with Crippen LogP contribution in [0.4, 0.5) is 17.1 Å². The van der Waals surface area contributed by atoms with Crippen LogP contribution in [0.5, 0.6) is 0 Å². The van der Waals surface area contributed by atoms with E-state index in [9.17, 15) is 0 Å². The van der Waals surface area contributed by atoms with Gasteiger partial charge >= 0.3 is 0 Å². The van der Waals surface area contributed by atoms with Crippen LogP contribution in [-0.4, -0.2) is 12.1 Å². The second-order valence-corrected chi connectivity index (χ2v) is 16.7. The maximum Gasteiger partial charge on any atom is 0.0597 e. The average Bonchev–Trinajstić information content (AvgIpc) is 3.15. The third-order valence-electron chi connectivity index (χ3n) is 13.2. The van der Waals surface area contributed by atoms with Gasteiger partial charge in [-0.3, -0.25) is 0 Å². The highest BCUT2D eigenvalue weighted by molar-refractivity contribution is 5.69. The molecule has 0 bridgehead atoms. The van der Waals surface area contributed by atoms with Gasteiger partial charge in [0.2, 0.25) is 0 Å². The van der Waals surface area contributed by atoms with E-state index in [0.29, 0.717) is 41.7 Å². The van der Waals surface area contributed by atoms with Crippen LogP contribution in [0.3, 0.4) is 0 Å². The lowest BCUT2D eigenvalue weighted by molar-refractivity contribution is 0.204. The van der Waals surface area contributed by atoms with Gasteiger partial charge in [0.1, 0.15) is 0 Å². The molecule has 0 spiro atoms. The smallest absolute Gasteiger partial charge is 0.0597 e. The number of anilines is 3. The Kier molecular flexibility index (Phi) is 7.90. The molecular formula is C48H52N2. The van der Waals surface area contributed by atoms with E-state index in [2.05, 4.69) is 171 Å². The molecule has 254 valence electrons. The van der Waals surface area contributed by atoms with Crippen molar-refractivity contribution in [3.05, 3.63) is 161 Å². The van der Waals surface area contributed by atoms with Crippen molar-refractivity contribution in [2.75, 3.05) is 9.80 Å². The fourth-order valence-electron chi connectivity index (χ4n) is 10.9. The molecule has 7 unspecified atom stereocenters. The van der Waals surface area contributed by atoms with Crippen LogP contribution < -0.4 is 9.80 Å². The van der Waals surface area contributed by atoms with Crippen molar-refractivity contribution in [1.29, 1.82) is 0 Å². The van der Waals surface area contributed by atoms with Gasteiger partial charge in [0.25, 0.3) is 0 Å². The zero-order chi connectivity index (χ0) is 34.0. The molecule has 0 N–H and O–H groups in total. The van der Waals surface area contributed by atoms with E-state index in [-0.39, 0.29) is 11.5 Å². The lowest BCUT2D eigenvalue weighted by Gasteiger charge is -2.57. The van der Waals surface area contributed by atoms with Crippen molar-refractivity contribution in [3.63, 3.8) is 0 Å². The summed E-state index contributed by atoms with van der Waals surface area (Å²) >= 11 is 0. The Morgan fingerprint density at radius 3 is 1.96 bits per heavy atom. The Morgan fingerprint density at radius 1 is 0.700 bits per heavy atom. The lowest BCUT2D eigenvalue weighted by atomic mass is 9.51. The van der Waals surface area contributed by atoms with Gasteiger partial charge in [-0.15, -0.1) is 0 Å². The van der Waals surface area contributed by atoms with E-state index in [1.54, 1.807) is 27.8 Å². The monoisotopic (exact) mass is 656 g/mol. The Bertz CT molecular complexity index is 1890. The van der Waals surface area contributed by atoms with Crippen molar-refractivity contribution in [2.45, 2.75) is 95.7 Å². The molecule has 0 radical (unpaired) electrons. The summed E-state index contributed by atoms with van der Waals surface area (Å²) in [6, 6.07) is 40.0. The maximum absolute atomic E-state index is 2.85. The molecule has 4 aromatic carbocycles. The van der Waals surface area contributed by atoms with Crippen LogP contribution in [-0.2, 0) is 0 Å². The molecule has 5 aliphatic carbocycles. The van der Waals surface area contributed by atoms with Crippen LogP contribution in [0.1, 0.15) is 106 Å². The van der Waals surface area contributed by atoms with Gasteiger partial charge in [0, 0.05) is 34.9 Å². The highest BCUT2D eigenvalue weighted by atomic mass is 15.2. The number of hydrogen-bond acceptors (Lipinski definition) is 2. The molecule has 0 aromatic heterocycles. The number of benzene rings is 4. The Morgan fingerprint density at radius 2 is 1.34 bits per heavy atom.